The molecule has 1 unspecified atom stereocenters. The minimum atomic E-state index is -0.0352. The summed E-state index contributed by atoms with van der Waals surface area (Å²) >= 11 is 0. The molecule has 1 aromatic carbocycles. The minimum absolute atomic E-state index is 0.0314. The molecule has 1 fully saturated rings. The Morgan fingerprint density at radius 2 is 2.00 bits per heavy atom. The van der Waals surface area contributed by atoms with E-state index in [1.54, 1.807) is 0 Å². The van der Waals surface area contributed by atoms with Gasteiger partial charge in [-0.15, -0.1) is 0 Å². The third kappa shape index (κ3) is 4.83. The topological polar surface area (TPSA) is 58.4 Å². The lowest BCUT2D eigenvalue weighted by molar-refractivity contribution is -0.126. The van der Waals surface area contributed by atoms with E-state index >= 15 is 0 Å². The molecule has 0 aromatic heterocycles. The summed E-state index contributed by atoms with van der Waals surface area (Å²) in [6.45, 7) is 7.25. The summed E-state index contributed by atoms with van der Waals surface area (Å²) in [5, 5.41) is 0. The third-order valence-corrected chi connectivity index (χ3v) is 4.09. The van der Waals surface area contributed by atoms with Gasteiger partial charge in [0, 0.05) is 13.1 Å². The first kappa shape index (κ1) is 16.0. The van der Waals surface area contributed by atoms with Gasteiger partial charge in [-0.05, 0) is 42.9 Å². The molecule has 0 saturated carbocycles. The summed E-state index contributed by atoms with van der Waals surface area (Å²) in [5.74, 6) is 5.92. The van der Waals surface area contributed by atoms with Gasteiger partial charge in [0.05, 0.1) is 5.92 Å². The van der Waals surface area contributed by atoms with E-state index in [1.165, 1.54) is 11.1 Å². The molecular formula is C17H27N3O. The molecule has 1 aliphatic heterocycles. The van der Waals surface area contributed by atoms with Crippen molar-refractivity contribution in [3.8, 4) is 0 Å². The van der Waals surface area contributed by atoms with Crippen LogP contribution in [-0.4, -0.2) is 23.9 Å². The van der Waals surface area contributed by atoms with Crippen molar-refractivity contribution in [2.75, 3.05) is 13.1 Å². The van der Waals surface area contributed by atoms with Crippen LogP contribution < -0.4 is 11.3 Å². The highest BCUT2D eigenvalue weighted by Crippen LogP contribution is 2.19. The second kappa shape index (κ2) is 7.57. The Kier molecular flexibility index (Phi) is 5.76. The molecule has 1 atom stereocenters. The van der Waals surface area contributed by atoms with E-state index in [1.807, 2.05) is 0 Å². The molecule has 0 bridgehead atoms. The maximum Gasteiger partial charge on any atom is 0.238 e. The Hall–Kier alpha value is -1.39. The maximum absolute atomic E-state index is 11.6. The van der Waals surface area contributed by atoms with Crippen molar-refractivity contribution in [3.05, 3.63) is 35.4 Å². The fourth-order valence-corrected chi connectivity index (χ4v) is 3.04. The lowest BCUT2D eigenvalue weighted by Crippen LogP contribution is -2.44. The van der Waals surface area contributed by atoms with Gasteiger partial charge in [-0.1, -0.05) is 38.1 Å². The summed E-state index contributed by atoms with van der Waals surface area (Å²) in [6, 6.07) is 8.88. The number of hydrazine groups is 1. The highest BCUT2D eigenvalue weighted by atomic mass is 16.2. The second-order valence-corrected chi connectivity index (χ2v) is 6.50. The first-order valence-corrected chi connectivity index (χ1v) is 7.89. The summed E-state index contributed by atoms with van der Waals surface area (Å²) in [5.41, 5.74) is 4.99. The first-order chi connectivity index (χ1) is 10.1. The van der Waals surface area contributed by atoms with Crippen molar-refractivity contribution < 1.29 is 4.79 Å². The van der Waals surface area contributed by atoms with Crippen LogP contribution in [0.4, 0.5) is 0 Å². The molecule has 0 radical (unpaired) electrons. The normalized spacial score (nSPS) is 19.7. The van der Waals surface area contributed by atoms with Crippen molar-refractivity contribution in [2.24, 2.45) is 17.7 Å². The lowest BCUT2D eigenvalue weighted by atomic mass is 9.96. The van der Waals surface area contributed by atoms with Gasteiger partial charge in [0.1, 0.15) is 0 Å². The number of carbonyl (C=O) groups is 1. The van der Waals surface area contributed by atoms with Crippen LogP contribution in [0, 0.1) is 11.8 Å². The zero-order chi connectivity index (χ0) is 15.2. The number of hydrogen-bond acceptors (Lipinski definition) is 3. The number of amides is 1. The molecule has 0 aliphatic carbocycles. The maximum atomic E-state index is 11.6. The van der Waals surface area contributed by atoms with Gasteiger partial charge in [0.15, 0.2) is 0 Å². The minimum Gasteiger partial charge on any atom is -0.298 e. The molecule has 0 spiro atoms. The number of carbonyl (C=O) groups excluding carboxylic acids is 1. The Morgan fingerprint density at radius 3 is 2.62 bits per heavy atom. The highest BCUT2D eigenvalue weighted by molar-refractivity contribution is 5.78. The molecule has 1 aliphatic rings. The molecule has 3 N–H and O–H groups in total. The van der Waals surface area contributed by atoms with Crippen molar-refractivity contribution in [2.45, 2.75) is 39.7 Å². The number of hydrogen-bond donors (Lipinski definition) is 2. The van der Waals surface area contributed by atoms with Gasteiger partial charge in [0.25, 0.3) is 0 Å². The summed E-state index contributed by atoms with van der Waals surface area (Å²) < 4.78 is 0. The number of nitrogens with zero attached hydrogens (tertiary/aromatic N) is 1. The van der Waals surface area contributed by atoms with E-state index in [2.05, 4.69) is 48.4 Å². The summed E-state index contributed by atoms with van der Waals surface area (Å²) in [7, 11) is 0. The van der Waals surface area contributed by atoms with Crippen LogP contribution in [0.25, 0.3) is 0 Å². The Bertz CT molecular complexity index is 456. The highest BCUT2D eigenvalue weighted by Gasteiger charge is 2.25. The average molecular weight is 289 g/mol. The van der Waals surface area contributed by atoms with Gasteiger partial charge in [-0.3, -0.25) is 15.1 Å². The number of benzene rings is 1. The SMILES string of the molecule is CC(C)Cc1ccc(CN2CCCC(C(=O)NN)C2)cc1. The van der Waals surface area contributed by atoms with Crippen LogP contribution in [-0.2, 0) is 17.8 Å². The number of rotatable bonds is 5. The lowest BCUT2D eigenvalue weighted by Gasteiger charge is -2.31. The standard InChI is InChI=1S/C17H27N3O/c1-13(2)10-14-5-7-15(8-6-14)11-20-9-3-4-16(12-20)17(21)19-18/h5-8,13,16H,3-4,9-12,18H2,1-2H3,(H,19,21). The van der Waals surface area contributed by atoms with Gasteiger partial charge >= 0.3 is 0 Å². The van der Waals surface area contributed by atoms with E-state index in [4.69, 9.17) is 5.84 Å². The van der Waals surface area contributed by atoms with E-state index in [-0.39, 0.29) is 11.8 Å². The molecule has 4 nitrogen and oxygen atoms in total. The molecule has 1 heterocycles. The summed E-state index contributed by atoms with van der Waals surface area (Å²) in [4.78, 5) is 14.0. The van der Waals surface area contributed by atoms with Crippen LogP contribution in [0.3, 0.4) is 0 Å². The first-order valence-electron chi connectivity index (χ1n) is 7.89. The molecule has 4 heteroatoms. The Labute approximate surface area is 127 Å². The van der Waals surface area contributed by atoms with E-state index in [0.29, 0.717) is 5.92 Å². The predicted octanol–water partition coefficient (Wildman–Crippen LogP) is 2.09. The molecule has 1 aromatic rings. The van der Waals surface area contributed by atoms with Gasteiger partial charge in [-0.2, -0.15) is 0 Å². The smallest absolute Gasteiger partial charge is 0.238 e. The van der Waals surface area contributed by atoms with Crippen LogP contribution >= 0.6 is 0 Å². The van der Waals surface area contributed by atoms with Crippen LogP contribution in [0.1, 0.15) is 37.8 Å². The molecule has 1 saturated heterocycles. The van der Waals surface area contributed by atoms with Gasteiger partial charge < -0.3 is 0 Å². The number of nitrogens with one attached hydrogen (secondary N) is 1. The molecule has 2 rings (SSSR count). The largest absolute Gasteiger partial charge is 0.298 e. The van der Waals surface area contributed by atoms with Crippen molar-refractivity contribution in [3.63, 3.8) is 0 Å². The Morgan fingerprint density at radius 1 is 1.33 bits per heavy atom. The number of piperidine rings is 1. The van der Waals surface area contributed by atoms with Crippen molar-refractivity contribution in [1.82, 2.24) is 10.3 Å². The fourth-order valence-electron chi connectivity index (χ4n) is 3.04. The number of likely N-dealkylation sites (tertiary alicyclic amines) is 1. The third-order valence-electron chi connectivity index (χ3n) is 4.09. The number of nitrogens with two attached hydrogens (primary N) is 1. The van der Waals surface area contributed by atoms with Crippen molar-refractivity contribution in [1.29, 1.82) is 0 Å². The van der Waals surface area contributed by atoms with Crippen LogP contribution in [0.5, 0.6) is 0 Å². The van der Waals surface area contributed by atoms with E-state index in [0.717, 1.165) is 38.9 Å². The molecular weight excluding hydrogens is 262 g/mol. The quantitative estimate of drug-likeness (QED) is 0.496. The molecule has 116 valence electrons. The molecule has 21 heavy (non-hydrogen) atoms. The van der Waals surface area contributed by atoms with Gasteiger partial charge in [0.2, 0.25) is 5.91 Å². The fraction of sp³-hybridized carbons (Fsp3) is 0.588. The average Bonchev–Trinajstić information content (AvgIpc) is 2.48. The van der Waals surface area contributed by atoms with Crippen LogP contribution in [0.2, 0.25) is 0 Å². The van der Waals surface area contributed by atoms with E-state index in [9.17, 15) is 4.79 Å². The second-order valence-electron chi connectivity index (χ2n) is 6.50. The predicted molar refractivity (Wildman–Crippen MR) is 85.3 cm³/mol. The van der Waals surface area contributed by atoms with Gasteiger partial charge in [-0.25, -0.2) is 5.84 Å². The Balaban J connectivity index is 1.90. The van der Waals surface area contributed by atoms with E-state index < -0.39 is 0 Å². The van der Waals surface area contributed by atoms with Crippen LogP contribution in [0.15, 0.2) is 24.3 Å². The monoisotopic (exact) mass is 289 g/mol. The summed E-state index contributed by atoms with van der Waals surface area (Å²) in [6.07, 6.45) is 3.12. The zero-order valence-electron chi connectivity index (χ0n) is 13.1. The van der Waals surface area contributed by atoms with Crippen molar-refractivity contribution >= 4 is 5.91 Å². The zero-order valence-corrected chi connectivity index (χ0v) is 13.1. The molecule has 1 amide bonds.